The van der Waals surface area contributed by atoms with Crippen molar-refractivity contribution in [3.05, 3.63) is 47.5 Å². The van der Waals surface area contributed by atoms with Crippen LogP contribution in [0.15, 0.2) is 36.4 Å². The number of nitrogens with zero attached hydrogens (tertiary/aromatic N) is 1. The molecule has 0 saturated heterocycles. The zero-order chi connectivity index (χ0) is 19.1. The van der Waals surface area contributed by atoms with Gasteiger partial charge in [0.25, 0.3) is 0 Å². The number of hydrogen-bond acceptors (Lipinski definition) is 4. The van der Waals surface area contributed by atoms with Crippen LogP contribution in [0, 0.1) is 5.92 Å². The number of anilines is 1. The van der Waals surface area contributed by atoms with Crippen molar-refractivity contribution in [3.8, 4) is 17.2 Å². The molecule has 146 valence electrons. The third kappa shape index (κ3) is 2.89. The van der Waals surface area contributed by atoms with Crippen LogP contribution < -0.4 is 19.1 Å². The number of ether oxygens (including phenoxy) is 3. The van der Waals surface area contributed by atoms with Crippen molar-refractivity contribution in [1.82, 2.24) is 0 Å². The van der Waals surface area contributed by atoms with Crippen molar-refractivity contribution in [2.24, 2.45) is 5.92 Å². The van der Waals surface area contributed by atoms with Crippen LogP contribution in [-0.4, -0.2) is 26.4 Å². The lowest BCUT2D eigenvalue weighted by molar-refractivity contribution is -0.107. The van der Waals surface area contributed by atoms with E-state index in [0.717, 1.165) is 59.4 Å². The Morgan fingerprint density at radius 2 is 1.86 bits per heavy atom. The van der Waals surface area contributed by atoms with Gasteiger partial charge in [-0.3, -0.25) is 4.79 Å². The van der Waals surface area contributed by atoms with Gasteiger partial charge in [0.2, 0.25) is 13.2 Å². The molecular weight excluding hydrogens is 354 g/mol. The number of amides is 1. The summed E-state index contributed by atoms with van der Waals surface area (Å²) in [5, 5.41) is 0. The van der Waals surface area contributed by atoms with Crippen molar-refractivity contribution in [2.75, 3.05) is 24.8 Å². The molecule has 2 aliphatic heterocycles. The fraction of sp³-hybridized carbons (Fsp3) is 0.435. The summed E-state index contributed by atoms with van der Waals surface area (Å²) >= 11 is 0. The Labute approximate surface area is 165 Å². The third-order valence-electron chi connectivity index (χ3n) is 6.23. The van der Waals surface area contributed by atoms with E-state index < -0.39 is 0 Å². The maximum atomic E-state index is 11.9. The first-order valence-electron chi connectivity index (χ1n) is 10.1. The molecular formula is C23H25NO4. The molecule has 2 aromatic rings. The van der Waals surface area contributed by atoms with Gasteiger partial charge in [-0.1, -0.05) is 31.0 Å². The highest BCUT2D eigenvalue weighted by atomic mass is 16.7. The van der Waals surface area contributed by atoms with Crippen LogP contribution in [0.3, 0.4) is 0 Å². The summed E-state index contributed by atoms with van der Waals surface area (Å²) in [6.45, 7) is 3.69. The van der Waals surface area contributed by atoms with Crippen LogP contribution in [0.1, 0.15) is 43.7 Å². The second-order valence-electron chi connectivity index (χ2n) is 8.22. The number of fused-ring (bicyclic) bond motifs is 2. The Kier molecular flexibility index (Phi) is 4.18. The van der Waals surface area contributed by atoms with Crippen molar-refractivity contribution < 1.29 is 19.0 Å². The molecule has 2 heterocycles. The molecule has 0 aromatic heterocycles. The summed E-state index contributed by atoms with van der Waals surface area (Å²) in [5.41, 5.74) is 2.79. The summed E-state index contributed by atoms with van der Waals surface area (Å²) in [5.74, 6) is 3.18. The highest BCUT2D eigenvalue weighted by Crippen LogP contribution is 2.50. The van der Waals surface area contributed by atoms with Crippen LogP contribution in [-0.2, 0) is 10.2 Å². The lowest BCUT2D eigenvalue weighted by Gasteiger charge is -2.30. The quantitative estimate of drug-likeness (QED) is 0.674. The first-order valence-corrected chi connectivity index (χ1v) is 10.1. The van der Waals surface area contributed by atoms with Crippen molar-refractivity contribution in [2.45, 2.75) is 38.0 Å². The van der Waals surface area contributed by atoms with Gasteiger partial charge in [-0.05, 0) is 43.4 Å². The van der Waals surface area contributed by atoms with E-state index in [1.54, 1.807) is 0 Å². The highest BCUT2D eigenvalue weighted by molar-refractivity contribution is 5.79. The average molecular weight is 379 g/mol. The Morgan fingerprint density at radius 3 is 2.64 bits per heavy atom. The number of carbonyl (C=O) groups is 1. The maximum absolute atomic E-state index is 11.9. The molecule has 0 radical (unpaired) electrons. The molecule has 0 bridgehead atoms. The number of para-hydroxylation sites is 1. The molecule has 0 spiro atoms. The molecule has 1 amide bonds. The van der Waals surface area contributed by atoms with Gasteiger partial charge in [0, 0.05) is 23.9 Å². The van der Waals surface area contributed by atoms with Crippen LogP contribution >= 0.6 is 0 Å². The predicted octanol–water partition coefficient (Wildman–Crippen LogP) is 4.27. The van der Waals surface area contributed by atoms with Gasteiger partial charge in [0.15, 0.2) is 11.5 Å². The van der Waals surface area contributed by atoms with E-state index in [9.17, 15) is 4.79 Å². The summed E-state index contributed by atoms with van der Waals surface area (Å²) < 4.78 is 17.1. The molecule has 5 rings (SSSR count). The van der Waals surface area contributed by atoms with Gasteiger partial charge in [-0.25, -0.2) is 0 Å². The zero-order valence-corrected chi connectivity index (χ0v) is 16.1. The summed E-state index contributed by atoms with van der Waals surface area (Å²) in [7, 11) is 0. The number of benzene rings is 2. The van der Waals surface area contributed by atoms with Crippen molar-refractivity contribution in [1.29, 1.82) is 0 Å². The third-order valence-corrected chi connectivity index (χ3v) is 6.23. The van der Waals surface area contributed by atoms with E-state index in [1.807, 2.05) is 35.2 Å². The monoisotopic (exact) mass is 379 g/mol. The van der Waals surface area contributed by atoms with Gasteiger partial charge >= 0.3 is 0 Å². The lowest BCUT2D eigenvalue weighted by Crippen LogP contribution is -2.31. The first-order chi connectivity index (χ1) is 13.7. The molecule has 28 heavy (non-hydrogen) atoms. The topological polar surface area (TPSA) is 48.0 Å². The van der Waals surface area contributed by atoms with E-state index >= 15 is 0 Å². The van der Waals surface area contributed by atoms with Gasteiger partial charge in [-0.15, -0.1) is 0 Å². The molecule has 1 fully saturated rings. The summed E-state index contributed by atoms with van der Waals surface area (Å²) in [6, 6.07) is 12.1. The van der Waals surface area contributed by atoms with Crippen molar-refractivity contribution in [3.63, 3.8) is 0 Å². The average Bonchev–Trinajstić information content (AvgIpc) is 3.33. The lowest BCUT2D eigenvalue weighted by atomic mass is 9.77. The van der Waals surface area contributed by atoms with Gasteiger partial charge in [0.05, 0.1) is 5.41 Å². The van der Waals surface area contributed by atoms with E-state index in [2.05, 4.69) is 13.0 Å². The van der Waals surface area contributed by atoms with Gasteiger partial charge in [-0.2, -0.15) is 0 Å². The first kappa shape index (κ1) is 17.4. The van der Waals surface area contributed by atoms with Crippen LogP contribution in [0.4, 0.5) is 5.69 Å². The highest BCUT2D eigenvalue weighted by Gasteiger charge is 2.41. The van der Waals surface area contributed by atoms with E-state index in [1.165, 1.54) is 19.3 Å². The van der Waals surface area contributed by atoms with Crippen LogP contribution in [0.25, 0.3) is 0 Å². The Bertz CT molecular complexity index is 907. The van der Waals surface area contributed by atoms with Crippen LogP contribution in [0.5, 0.6) is 17.2 Å². The summed E-state index contributed by atoms with van der Waals surface area (Å²) in [4.78, 5) is 13.8. The van der Waals surface area contributed by atoms with E-state index in [-0.39, 0.29) is 12.2 Å². The molecule has 0 N–H and O–H groups in total. The fourth-order valence-corrected chi connectivity index (χ4v) is 4.37. The number of hydrogen-bond donors (Lipinski definition) is 0. The standard InChI is InChI=1S/C23H25NO4/c1-23(13-26-20-12-22-21(11-18(20)23)27-15-28-22)17-6-2-3-7-19(17)24(14-25)10-4-5-16-8-9-16/h2-3,6-7,11-12,14,16H,4-5,8-10,13,15H2,1H3. The molecule has 1 aliphatic carbocycles. The van der Waals surface area contributed by atoms with Crippen LogP contribution in [0.2, 0.25) is 0 Å². The molecule has 1 saturated carbocycles. The normalized spacial score (nSPS) is 21.9. The number of carbonyl (C=O) groups excluding carboxylic acids is 1. The minimum atomic E-state index is -0.356. The Balaban J connectivity index is 1.49. The SMILES string of the molecule is CC1(c2ccccc2N(C=O)CCCC2CC2)COc2cc3c(cc21)OCO3. The predicted molar refractivity (Wildman–Crippen MR) is 106 cm³/mol. The molecule has 1 unspecified atom stereocenters. The fourth-order valence-electron chi connectivity index (χ4n) is 4.37. The molecule has 2 aromatic carbocycles. The molecule has 5 nitrogen and oxygen atoms in total. The maximum Gasteiger partial charge on any atom is 0.231 e. The minimum absolute atomic E-state index is 0.242. The van der Waals surface area contributed by atoms with Gasteiger partial charge < -0.3 is 19.1 Å². The van der Waals surface area contributed by atoms with Gasteiger partial charge in [0.1, 0.15) is 12.4 Å². The minimum Gasteiger partial charge on any atom is -0.492 e. The van der Waals surface area contributed by atoms with Crippen molar-refractivity contribution >= 4 is 12.1 Å². The Hall–Kier alpha value is -2.69. The Morgan fingerprint density at radius 1 is 1.07 bits per heavy atom. The largest absolute Gasteiger partial charge is 0.492 e. The number of rotatable bonds is 7. The summed E-state index contributed by atoms with van der Waals surface area (Å²) in [6.07, 6.45) is 5.91. The van der Waals surface area contributed by atoms with E-state index in [0.29, 0.717) is 6.61 Å². The second kappa shape index (κ2) is 6.73. The zero-order valence-electron chi connectivity index (χ0n) is 16.1. The smallest absolute Gasteiger partial charge is 0.231 e. The van der Waals surface area contributed by atoms with E-state index in [4.69, 9.17) is 14.2 Å². The second-order valence-corrected chi connectivity index (χ2v) is 8.22. The molecule has 1 atom stereocenters. The molecule has 3 aliphatic rings. The molecule has 5 heteroatoms.